The minimum absolute atomic E-state index is 0.0242. The summed E-state index contributed by atoms with van der Waals surface area (Å²) < 4.78 is 6.21. The second kappa shape index (κ2) is 10.3. The van der Waals surface area contributed by atoms with Crippen LogP contribution in [-0.4, -0.2) is 60.7 Å². The van der Waals surface area contributed by atoms with Gasteiger partial charge in [0.2, 0.25) is 5.91 Å². The van der Waals surface area contributed by atoms with Crippen LogP contribution in [0.1, 0.15) is 56.3 Å². The van der Waals surface area contributed by atoms with Gasteiger partial charge in [0.25, 0.3) is 5.91 Å². The number of benzene rings is 1. The monoisotopic (exact) mass is 417 g/mol. The standard InChI is InChI=1S/C23H35N3O4/c1-15-13-26(16(2)14-27)23(29)19-11-18(9-10-20(19)30-21(15)12-24-3)25-22(28)17-7-5-4-6-8-17/h9-11,15-17,21,24,27H,4-8,12-14H2,1-3H3,(H,25,28)/t15-,16+,21+/m0/s1. The first kappa shape index (κ1) is 22.6. The Morgan fingerprint density at radius 1 is 1.30 bits per heavy atom. The molecule has 0 radical (unpaired) electrons. The molecule has 1 aromatic carbocycles. The van der Waals surface area contributed by atoms with Gasteiger partial charge in [-0.2, -0.15) is 0 Å². The number of nitrogens with one attached hydrogen (secondary N) is 2. The molecule has 1 fully saturated rings. The Morgan fingerprint density at radius 3 is 2.70 bits per heavy atom. The summed E-state index contributed by atoms with van der Waals surface area (Å²) in [5.41, 5.74) is 1.03. The van der Waals surface area contributed by atoms with Gasteiger partial charge >= 0.3 is 0 Å². The summed E-state index contributed by atoms with van der Waals surface area (Å²) in [6.07, 6.45) is 5.10. The maximum absolute atomic E-state index is 13.3. The number of carbonyl (C=O) groups excluding carboxylic acids is 2. The van der Waals surface area contributed by atoms with Crippen LogP contribution in [0.15, 0.2) is 18.2 Å². The van der Waals surface area contributed by atoms with Crippen LogP contribution < -0.4 is 15.4 Å². The average Bonchev–Trinajstić information content (AvgIpc) is 2.76. The number of fused-ring (bicyclic) bond motifs is 1. The van der Waals surface area contributed by atoms with Crippen molar-refractivity contribution in [3.63, 3.8) is 0 Å². The molecule has 2 amide bonds. The molecule has 7 heteroatoms. The summed E-state index contributed by atoms with van der Waals surface area (Å²) in [4.78, 5) is 27.7. The number of aliphatic hydroxyl groups excluding tert-OH is 1. The van der Waals surface area contributed by atoms with Gasteiger partial charge in [0, 0.05) is 30.6 Å². The largest absolute Gasteiger partial charge is 0.488 e. The maximum Gasteiger partial charge on any atom is 0.258 e. The molecule has 0 spiro atoms. The van der Waals surface area contributed by atoms with Gasteiger partial charge in [-0.15, -0.1) is 0 Å². The molecule has 30 heavy (non-hydrogen) atoms. The van der Waals surface area contributed by atoms with Crippen molar-refractivity contribution in [1.29, 1.82) is 0 Å². The zero-order chi connectivity index (χ0) is 21.7. The van der Waals surface area contributed by atoms with Crippen molar-refractivity contribution < 1.29 is 19.4 Å². The molecule has 0 saturated heterocycles. The average molecular weight is 418 g/mol. The van der Waals surface area contributed by atoms with E-state index in [9.17, 15) is 14.7 Å². The smallest absolute Gasteiger partial charge is 0.258 e. The minimum Gasteiger partial charge on any atom is -0.488 e. The minimum atomic E-state index is -0.304. The third kappa shape index (κ3) is 5.13. The molecule has 2 aliphatic rings. The number of nitrogens with zero attached hydrogens (tertiary/aromatic N) is 1. The molecular weight excluding hydrogens is 382 g/mol. The van der Waals surface area contributed by atoms with E-state index in [1.807, 2.05) is 14.0 Å². The molecule has 1 aliphatic heterocycles. The Balaban J connectivity index is 1.89. The van der Waals surface area contributed by atoms with Crippen molar-refractivity contribution in [1.82, 2.24) is 10.2 Å². The third-order valence-corrected chi connectivity index (χ3v) is 6.31. The molecule has 1 aliphatic carbocycles. The van der Waals surface area contributed by atoms with E-state index in [2.05, 4.69) is 17.6 Å². The van der Waals surface area contributed by atoms with Crippen LogP contribution in [0.25, 0.3) is 0 Å². The number of ether oxygens (including phenoxy) is 1. The van der Waals surface area contributed by atoms with Crippen LogP contribution >= 0.6 is 0 Å². The molecule has 0 bridgehead atoms. The molecule has 0 aromatic heterocycles. The van der Waals surface area contributed by atoms with Crippen LogP contribution in [0.4, 0.5) is 5.69 Å². The fraction of sp³-hybridized carbons (Fsp3) is 0.652. The molecule has 1 aromatic rings. The number of amides is 2. The number of aliphatic hydroxyl groups is 1. The zero-order valence-corrected chi connectivity index (χ0v) is 18.3. The van der Waals surface area contributed by atoms with Crippen molar-refractivity contribution in [2.24, 2.45) is 11.8 Å². The zero-order valence-electron chi connectivity index (χ0n) is 18.3. The van der Waals surface area contributed by atoms with E-state index in [1.165, 1.54) is 6.42 Å². The van der Waals surface area contributed by atoms with Gasteiger partial charge in [-0.25, -0.2) is 0 Å². The van der Waals surface area contributed by atoms with E-state index in [0.29, 0.717) is 30.1 Å². The van der Waals surface area contributed by atoms with Crippen LogP contribution in [0.3, 0.4) is 0 Å². The Morgan fingerprint density at radius 2 is 2.03 bits per heavy atom. The summed E-state index contributed by atoms with van der Waals surface area (Å²) in [6.45, 7) is 4.93. The van der Waals surface area contributed by atoms with Gasteiger partial charge in [-0.1, -0.05) is 26.2 Å². The van der Waals surface area contributed by atoms with Gasteiger partial charge < -0.3 is 25.4 Å². The van der Waals surface area contributed by atoms with Gasteiger partial charge in [-0.3, -0.25) is 9.59 Å². The number of likely N-dealkylation sites (N-methyl/N-ethyl adjacent to an activating group) is 1. The summed E-state index contributed by atoms with van der Waals surface area (Å²) >= 11 is 0. The fourth-order valence-corrected chi connectivity index (χ4v) is 4.35. The maximum atomic E-state index is 13.3. The summed E-state index contributed by atoms with van der Waals surface area (Å²) in [6, 6.07) is 4.98. The molecule has 7 nitrogen and oxygen atoms in total. The molecule has 166 valence electrons. The number of hydrogen-bond acceptors (Lipinski definition) is 5. The van der Waals surface area contributed by atoms with Crippen molar-refractivity contribution >= 4 is 17.5 Å². The van der Waals surface area contributed by atoms with Crippen LogP contribution in [0.2, 0.25) is 0 Å². The number of rotatable bonds is 6. The first-order chi connectivity index (χ1) is 14.4. The summed E-state index contributed by atoms with van der Waals surface area (Å²) in [5.74, 6) is 0.484. The van der Waals surface area contributed by atoms with Crippen molar-refractivity contribution in [2.45, 2.75) is 58.1 Å². The number of carbonyl (C=O) groups is 2. The lowest BCUT2D eigenvalue weighted by molar-refractivity contribution is -0.120. The van der Waals surface area contributed by atoms with E-state index >= 15 is 0 Å². The molecule has 1 heterocycles. The molecule has 3 atom stereocenters. The Bertz CT molecular complexity index is 748. The number of anilines is 1. The van der Waals surface area contributed by atoms with Crippen molar-refractivity contribution in [3.05, 3.63) is 23.8 Å². The molecule has 3 N–H and O–H groups in total. The highest BCUT2D eigenvalue weighted by Gasteiger charge is 2.33. The lowest BCUT2D eigenvalue weighted by Gasteiger charge is -2.37. The topological polar surface area (TPSA) is 90.9 Å². The highest BCUT2D eigenvalue weighted by Crippen LogP contribution is 2.31. The van der Waals surface area contributed by atoms with Crippen LogP contribution in [-0.2, 0) is 4.79 Å². The highest BCUT2D eigenvalue weighted by molar-refractivity contribution is 6.00. The van der Waals surface area contributed by atoms with Crippen molar-refractivity contribution in [2.75, 3.05) is 32.1 Å². The first-order valence-corrected chi connectivity index (χ1v) is 11.1. The van der Waals surface area contributed by atoms with E-state index in [0.717, 1.165) is 25.7 Å². The highest BCUT2D eigenvalue weighted by atomic mass is 16.5. The van der Waals surface area contributed by atoms with Gasteiger partial charge in [0.05, 0.1) is 18.2 Å². The predicted molar refractivity (Wildman–Crippen MR) is 117 cm³/mol. The first-order valence-electron chi connectivity index (χ1n) is 11.1. The summed E-state index contributed by atoms with van der Waals surface area (Å²) in [5, 5.41) is 15.8. The van der Waals surface area contributed by atoms with Crippen LogP contribution in [0.5, 0.6) is 5.75 Å². The van der Waals surface area contributed by atoms with E-state index in [4.69, 9.17) is 4.74 Å². The predicted octanol–water partition coefficient (Wildman–Crippen LogP) is 2.64. The second-order valence-corrected chi connectivity index (χ2v) is 8.72. The molecule has 1 saturated carbocycles. The quantitative estimate of drug-likeness (QED) is 0.662. The normalized spacial score (nSPS) is 23.7. The van der Waals surface area contributed by atoms with E-state index in [-0.39, 0.29) is 42.4 Å². The lowest BCUT2D eigenvalue weighted by Crippen LogP contribution is -2.49. The lowest BCUT2D eigenvalue weighted by atomic mass is 9.88. The molecular formula is C23H35N3O4. The van der Waals surface area contributed by atoms with Crippen molar-refractivity contribution in [3.8, 4) is 5.75 Å². The van der Waals surface area contributed by atoms with Gasteiger partial charge in [-0.05, 0) is 45.0 Å². The fourth-order valence-electron chi connectivity index (χ4n) is 4.35. The van der Waals surface area contributed by atoms with Gasteiger partial charge in [0.1, 0.15) is 11.9 Å². The van der Waals surface area contributed by atoms with Crippen LogP contribution in [0, 0.1) is 11.8 Å². The Hall–Kier alpha value is -2.12. The van der Waals surface area contributed by atoms with E-state index < -0.39 is 0 Å². The Labute approximate surface area is 179 Å². The summed E-state index contributed by atoms with van der Waals surface area (Å²) in [7, 11) is 1.87. The van der Waals surface area contributed by atoms with Gasteiger partial charge in [0.15, 0.2) is 0 Å². The van der Waals surface area contributed by atoms with E-state index in [1.54, 1.807) is 23.1 Å². The third-order valence-electron chi connectivity index (χ3n) is 6.31. The molecule has 0 unspecified atom stereocenters. The SMILES string of the molecule is CNC[C@H]1Oc2ccc(NC(=O)C3CCCCC3)cc2C(=O)N([C@H](C)CO)C[C@@H]1C. The molecule has 3 rings (SSSR count). The second-order valence-electron chi connectivity index (χ2n) is 8.72. The number of hydrogen-bond donors (Lipinski definition) is 3. The Kier molecular flexibility index (Phi) is 7.72.